The predicted molar refractivity (Wildman–Crippen MR) is 155 cm³/mol. The second-order valence-corrected chi connectivity index (χ2v) is 11.5. The number of alkyl halides is 3. The van der Waals surface area contributed by atoms with Crippen LogP contribution in [0.1, 0.15) is 34.6 Å². The van der Waals surface area contributed by atoms with Gasteiger partial charge in [-0.25, -0.2) is 4.98 Å². The van der Waals surface area contributed by atoms with Gasteiger partial charge in [0, 0.05) is 38.2 Å². The van der Waals surface area contributed by atoms with Crippen molar-refractivity contribution in [1.82, 2.24) is 19.7 Å². The first-order valence-electron chi connectivity index (χ1n) is 14.2. The summed E-state index contributed by atoms with van der Waals surface area (Å²) < 4.78 is 42.9. The summed E-state index contributed by atoms with van der Waals surface area (Å²) in [4.78, 5) is 50.2. The fourth-order valence-electron chi connectivity index (χ4n) is 6.51. The lowest BCUT2D eigenvalue weighted by atomic mass is 9.95. The van der Waals surface area contributed by atoms with E-state index < -0.39 is 35.5 Å². The van der Waals surface area contributed by atoms with E-state index in [1.165, 1.54) is 11.8 Å². The number of rotatable bonds is 3. The molecule has 1 fully saturated rings. The normalized spacial score (nSPS) is 20.1. The van der Waals surface area contributed by atoms with Gasteiger partial charge in [-0.05, 0) is 49.6 Å². The summed E-state index contributed by atoms with van der Waals surface area (Å²) in [5.41, 5.74) is 3.04. The molecular weight excluding hydrogens is 575 g/mol. The largest absolute Gasteiger partial charge is 0.416 e. The highest BCUT2D eigenvalue weighted by Gasteiger charge is 2.49. The van der Waals surface area contributed by atoms with E-state index >= 15 is 0 Å². The highest BCUT2D eigenvalue weighted by molar-refractivity contribution is 6.10. The lowest BCUT2D eigenvalue weighted by molar-refractivity contribution is -0.137. The molecule has 0 aliphatic carbocycles. The average molecular weight is 606 g/mol. The fraction of sp³-hybridized carbons (Fsp3) is 0.387. The van der Waals surface area contributed by atoms with Crippen LogP contribution in [0, 0.1) is 32.1 Å². The van der Waals surface area contributed by atoms with Gasteiger partial charge >= 0.3 is 6.18 Å². The van der Waals surface area contributed by atoms with Gasteiger partial charge in [0.1, 0.15) is 11.9 Å². The van der Waals surface area contributed by atoms with Gasteiger partial charge in [-0.2, -0.15) is 18.3 Å². The number of carbonyl (C=O) groups is 3. The molecule has 0 bridgehead atoms. The van der Waals surface area contributed by atoms with E-state index in [-0.39, 0.29) is 30.4 Å². The molecule has 6 rings (SSSR count). The summed E-state index contributed by atoms with van der Waals surface area (Å²) >= 11 is 0. The Morgan fingerprint density at radius 2 is 1.91 bits per heavy atom. The monoisotopic (exact) mass is 605 g/mol. The molecule has 2 atom stereocenters. The molecule has 228 valence electrons. The Hall–Kier alpha value is -4.86. The molecule has 0 saturated carbocycles. The van der Waals surface area contributed by atoms with E-state index in [9.17, 15) is 27.6 Å². The number of halogens is 3. The first-order valence-corrected chi connectivity index (χ1v) is 14.2. The second kappa shape index (κ2) is 10.7. The SMILES string of the molecule is C#CC(=O)N1CCn2nc(CN3C[C@H]4CC(=O)N(c5cc(C(F)(F)F)cc(C)n5)[C@@H]4C(=O)N(C)c4cccc(C)c43)cc2C1. The van der Waals surface area contributed by atoms with Crippen molar-refractivity contribution in [3.63, 3.8) is 0 Å². The van der Waals surface area contributed by atoms with Crippen LogP contribution < -0.4 is 14.7 Å². The fourth-order valence-corrected chi connectivity index (χ4v) is 6.51. The van der Waals surface area contributed by atoms with Gasteiger partial charge < -0.3 is 14.7 Å². The molecule has 1 aromatic carbocycles. The number of para-hydroxylation sites is 1. The van der Waals surface area contributed by atoms with Crippen molar-refractivity contribution in [2.45, 2.75) is 52.1 Å². The van der Waals surface area contributed by atoms with Gasteiger partial charge in [0.05, 0.1) is 48.0 Å². The zero-order valence-corrected chi connectivity index (χ0v) is 24.4. The van der Waals surface area contributed by atoms with Crippen LogP contribution in [0.4, 0.5) is 30.4 Å². The van der Waals surface area contributed by atoms with Crippen LogP contribution in [0.15, 0.2) is 36.4 Å². The number of amides is 3. The van der Waals surface area contributed by atoms with Crippen LogP contribution in [-0.4, -0.2) is 63.6 Å². The van der Waals surface area contributed by atoms with Gasteiger partial charge in [-0.3, -0.25) is 24.0 Å². The average Bonchev–Trinajstić information content (AvgIpc) is 3.53. The maximum Gasteiger partial charge on any atom is 0.416 e. The summed E-state index contributed by atoms with van der Waals surface area (Å²) in [6.07, 6.45) is 0.629. The van der Waals surface area contributed by atoms with Crippen molar-refractivity contribution >= 4 is 34.9 Å². The topological polar surface area (TPSA) is 94.9 Å². The third-order valence-electron chi connectivity index (χ3n) is 8.49. The standard InChI is InChI=1S/C31H30F3N7O3/c1-5-26(42)38-9-10-40-23(17-38)14-22(36-40)16-39-15-20-12-27(43)41(25-13-21(31(32,33)34)11-19(3)35-25)29(20)30(44)37(4)24-8-6-7-18(2)28(24)39/h1,6-8,11,13-14,20,29H,9-10,12,15-17H2,2-4H3/t20-,29+/m1/s1. The number of aromatic nitrogens is 3. The minimum Gasteiger partial charge on any atom is -0.363 e. The Kier molecular flexibility index (Phi) is 7.10. The van der Waals surface area contributed by atoms with Gasteiger partial charge in [0.25, 0.3) is 5.91 Å². The molecular formula is C31H30F3N7O3. The van der Waals surface area contributed by atoms with Crippen molar-refractivity contribution in [3.05, 3.63) is 64.6 Å². The smallest absolute Gasteiger partial charge is 0.363 e. The van der Waals surface area contributed by atoms with Crippen molar-refractivity contribution in [3.8, 4) is 12.3 Å². The van der Waals surface area contributed by atoms with Crippen molar-refractivity contribution < 1.29 is 27.6 Å². The molecule has 3 aliphatic rings. The summed E-state index contributed by atoms with van der Waals surface area (Å²) in [5.74, 6) is 0.171. The molecule has 1 saturated heterocycles. The van der Waals surface area contributed by atoms with E-state index in [4.69, 9.17) is 11.5 Å². The van der Waals surface area contributed by atoms with Crippen molar-refractivity contribution in [2.24, 2.45) is 5.92 Å². The van der Waals surface area contributed by atoms with E-state index in [0.717, 1.165) is 39.7 Å². The van der Waals surface area contributed by atoms with Gasteiger partial charge in [0.2, 0.25) is 11.8 Å². The van der Waals surface area contributed by atoms with Gasteiger partial charge in [-0.1, -0.05) is 12.1 Å². The highest BCUT2D eigenvalue weighted by atomic mass is 19.4. The number of likely N-dealkylation sites (N-methyl/N-ethyl adjacent to an activating group) is 1. The Bertz CT molecular complexity index is 1730. The molecule has 0 unspecified atom stereocenters. The summed E-state index contributed by atoms with van der Waals surface area (Å²) in [6.45, 7) is 5.24. The quantitative estimate of drug-likeness (QED) is 0.426. The van der Waals surface area contributed by atoms with E-state index in [2.05, 4.69) is 15.8 Å². The Balaban J connectivity index is 1.39. The second-order valence-electron chi connectivity index (χ2n) is 11.5. The summed E-state index contributed by atoms with van der Waals surface area (Å²) in [6, 6.07) is 8.18. The number of carbonyl (C=O) groups excluding carboxylic acids is 3. The van der Waals surface area contributed by atoms with Crippen LogP contribution in [0.3, 0.4) is 0 Å². The first-order chi connectivity index (χ1) is 20.8. The van der Waals surface area contributed by atoms with Crippen molar-refractivity contribution in [2.75, 3.05) is 34.8 Å². The van der Waals surface area contributed by atoms with Crippen LogP contribution in [0.2, 0.25) is 0 Å². The molecule has 0 spiro atoms. The van der Waals surface area contributed by atoms with Crippen LogP contribution >= 0.6 is 0 Å². The van der Waals surface area contributed by atoms with E-state index in [1.54, 1.807) is 11.9 Å². The van der Waals surface area contributed by atoms with Gasteiger partial charge in [0.15, 0.2) is 0 Å². The van der Waals surface area contributed by atoms with E-state index in [1.807, 2.05) is 35.9 Å². The maximum atomic E-state index is 14.1. The number of anilines is 3. The molecule has 5 heterocycles. The van der Waals surface area contributed by atoms with Crippen molar-refractivity contribution in [1.29, 1.82) is 0 Å². The Morgan fingerprint density at radius 1 is 1.14 bits per heavy atom. The third kappa shape index (κ3) is 5.04. The van der Waals surface area contributed by atoms with Crippen LogP contribution in [0.25, 0.3) is 0 Å². The number of hydrogen-bond acceptors (Lipinski definition) is 6. The molecule has 44 heavy (non-hydrogen) atoms. The maximum absolute atomic E-state index is 14.1. The molecule has 10 nitrogen and oxygen atoms in total. The number of hydrogen-bond donors (Lipinski definition) is 0. The molecule has 3 amide bonds. The number of fused-ring (bicyclic) bond motifs is 3. The molecule has 3 aromatic rings. The zero-order valence-electron chi connectivity index (χ0n) is 24.4. The summed E-state index contributed by atoms with van der Waals surface area (Å²) in [5, 5.41) is 4.77. The van der Waals surface area contributed by atoms with Crippen LogP contribution in [0.5, 0.6) is 0 Å². The first kappa shape index (κ1) is 29.2. The number of benzene rings is 1. The Morgan fingerprint density at radius 3 is 2.64 bits per heavy atom. The predicted octanol–water partition coefficient (Wildman–Crippen LogP) is 3.29. The Labute approximate surface area is 252 Å². The minimum atomic E-state index is -4.64. The van der Waals surface area contributed by atoms with Crippen LogP contribution in [-0.2, 0) is 40.2 Å². The lowest BCUT2D eigenvalue weighted by Crippen LogP contribution is -2.52. The number of pyridine rings is 1. The van der Waals surface area contributed by atoms with E-state index in [0.29, 0.717) is 31.9 Å². The molecule has 3 aliphatic heterocycles. The molecule has 2 aromatic heterocycles. The minimum absolute atomic E-state index is 0.0399. The number of terminal acetylenes is 1. The van der Waals surface area contributed by atoms with Gasteiger partial charge in [-0.15, -0.1) is 6.42 Å². The molecule has 13 heteroatoms. The summed E-state index contributed by atoms with van der Waals surface area (Å²) in [7, 11) is 1.61. The molecule has 0 radical (unpaired) electrons. The zero-order chi connectivity index (χ0) is 31.5. The number of nitrogens with zero attached hydrogens (tertiary/aromatic N) is 7. The lowest BCUT2D eigenvalue weighted by Gasteiger charge is -2.39. The number of aryl methyl sites for hydroxylation is 2. The third-order valence-corrected chi connectivity index (χ3v) is 8.49. The molecule has 0 N–H and O–H groups in total. The highest BCUT2D eigenvalue weighted by Crippen LogP contribution is 2.42.